The van der Waals surface area contributed by atoms with Crippen LogP contribution in [0.3, 0.4) is 0 Å². The van der Waals surface area contributed by atoms with E-state index in [0.717, 1.165) is 0 Å². The van der Waals surface area contributed by atoms with Gasteiger partial charge in [-0.1, -0.05) is 91.0 Å². The van der Waals surface area contributed by atoms with Crippen LogP contribution in [0.15, 0.2) is 91.0 Å². The van der Waals surface area contributed by atoms with Crippen LogP contribution in [0, 0.1) is 0 Å². The Kier molecular flexibility index (Phi) is 3.86. The van der Waals surface area contributed by atoms with Crippen molar-refractivity contribution in [3.05, 3.63) is 91.0 Å². The van der Waals surface area contributed by atoms with E-state index in [1.165, 1.54) is 28.4 Å². The number of benzene rings is 3. The third kappa shape index (κ3) is 2.76. The van der Waals surface area contributed by atoms with Crippen LogP contribution in [0.4, 0.5) is 0 Å². The van der Waals surface area contributed by atoms with E-state index in [1.54, 1.807) is 0 Å². The molecule has 0 aromatic heterocycles. The second kappa shape index (κ2) is 6.15. The lowest BCUT2D eigenvalue weighted by molar-refractivity contribution is 0.308. The predicted molar refractivity (Wildman–Crippen MR) is 98.1 cm³/mol. The average Bonchev–Trinajstić information content (AvgIpc) is 3.46. The minimum absolute atomic E-state index is 0.405. The zero-order valence-corrected chi connectivity index (χ0v) is 14.1. The normalized spacial score (nSPS) is 14.6. The molecule has 4 rings (SSSR count). The highest BCUT2D eigenvalue weighted by Gasteiger charge is 2.45. The predicted octanol–water partition coefficient (Wildman–Crippen LogP) is 2.83. The van der Waals surface area contributed by atoms with Gasteiger partial charge in [-0.05, 0) is 28.4 Å². The topological polar surface area (TPSA) is 9.23 Å². The van der Waals surface area contributed by atoms with E-state index in [-0.39, 0.29) is 0 Å². The van der Waals surface area contributed by atoms with Crippen molar-refractivity contribution >= 4 is 23.9 Å². The fourth-order valence-corrected chi connectivity index (χ4v) is 7.29. The molecule has 1 nitrogen and oxygen atoms in total. The molecule has 1 aliphatic rings. The monoisotopic (exact) mass is 316 g/mol. The fraction of sp³-hybridized carbons (Fsp3) is 0.143. The summed E-state index contributed by atoms with van der Waals surface area (Å²) in [5, 5.41) is 3.97. The van der Waals surface area contributed by atoms with Gasteiger partial charge < -0.3 is 4.43 Å². The van der Waals surface area contributed by atoms with Gasteiger partial charge in [-0.2, -0.15) is 0 Å². The molecule has 1 aliphatic carbocycles. The Balaban J connectivity index is 1.97. The van der Waals surface area contributed by atoms with E-state index in [9.17, 15) is 0 Å². The molecule has 3 aromatic rings. The summed E-state index contributed by atoms with van der Waals surface area (Å²) in [6, 6.07) is 32.4. The maximum absolute atomic E-state index is 6.85. The molecule has 0 unspecified atom stereocenters. The highest BCUT2D eigenvalue weighted by atomic mass is 28.4. The Labute approximate surface area is 138 Å². The SMILES string of the molecule is c1ccc([Si](OC2CC2)(c2ccccc2)c2ccccc2)cc1. The van der Waals surface area contributed by atoms with Gasteiger partial charge in [0.25, 0.3) is 8.32 Å². The molecule has 0 spiro atoms. The van der Waals surface area contributed by atoms with E-state index >= 15 is 0 Å². The van der Waals surface area contributed by atoms with Gasteiger partial charge in [0.05, 0.1) is 0 Å². The second-order valence-corrected chi connectivity index (χ2v) is 9.43. The minimum atomic E-state index is -2.42. The Hall–Kier alpha value is -2.16. The van der Waals surface area contributed by atoms with E-state index in [0.29, 0.717) is 6.10 Å². The summed E-state index contributed by atoms with van der Waals surface area (Å²) in [6.07, 6.45) is 2.77. The molecule has 0 radical (unpaired) electrons. The van der Waals surface area contributed by atoms with Crippen LogP contribution < -0.4 is 15.6 Å². The first-order valence-electron chi connectivity index (χ1n) is 8.24. The smallest absolute Gasteiger partial charge is 0.288 e. The number of hydrogen-bond acceptors (Lipinski definition) is 1. The maximum Gasteiger partial charge on any atom is 0.288 e. The van der Waals surface area contributed by atoms with Crippen LogP contribution >= 0.6 is 0 Å². The zero-order chi connectivity index (χ0) is 15.5. The summed E-state index contributed by atoms with van der Waals surface area (Å²) in [6.45, 7) is 0. The molecule has 0 atom stereocenters. The van der Waals surface area contributed by atoms with Gasteiger partial charge in [0.15, 0.2) is 0 Å². The van der Waals surface area contributed by atoms with Gasteiger partial charge in [-0.3, -0.25) is 0 Å². The Morgan fingerprint density at radius 2 is 0.913 bits per heavy atom. The highest BCUT2D eigenvalue weighted by Crippen LogP contribution is 2.27. The quantitative estimate of drug-likeness (QED) is 0.519. The molecular weight excluding hydrogens is 296 g/mol. The Morgan fingerprint density at radius 3 is 1.22 bits per heavy atom. The molecular formula is C21H20OSi. The van der Waals surface area contributed by atoms with Crippen LogP contribution in [-0.2, 0) is 4.43 Å². The van der Waals surface area contributed by atoms with Crippen molar-refractivity contribution in [1.29, 1.82) is 0 Å². The molecule has 0 N–H and O–H groups in total. The summed E-state index contributed by atoms with van der Waals surface area (Å²) in [5.74, 6) is 0. The van der Waals surface area contributed by atoms with Gasteiger partial charge in [0, 0.05) is 6.10 Å². The van der Waals surface area contributed by atoms with Crippen LogP contribution in [0.1, 0.15) is 12.8 Å². The summed E-state index contributed by atoms with van der Waals surface area (Å²) >= 11 is 0. The molecule has 1 saturated carbocycles. The number of hydrogen-bond donors (Lipinski definition) is 0. The molecule has 0 bridgehead atoms. The highest BCUT2D eigenvalue weighted by molar-refractivity contribution is 7.07. The van der Waals surface area contributed by atoms with Crippen LogP contribution in [0.2, 0.25) is 0 Å². The van der Waals surface area contributed by atoms with Gasteiger partial charge >= 0.3 is 0 Å². The summed E-state index contributed by atoms with van der Waals surface area (Å²) in [4.78, 5) is 0. The number of rotatable bonds is 5. The van der Waals surface area contributed by atoms with Crippen LogP contribution in [-0.4, -0.2) is 14.4 Å². The van der Waals surface area contributed by atoms with Crippen molar-refractivity contribution in [3.63, 3.8) is 0 Å². The summed E-state index contributed by atoms with van der Waals surface area (Å²) < 4.78 is 6.85. The first-order chi connectivity index (χ1) is 11.4. The van der Waals surface area contributed by atoms with Crippen molar-refractivity contribution in [2.75, 3.05) is 0 Å². The van der Waals surface area contributed by atoms with Crippen molar-refractivity contribution in [1.82, 2.24) is 0 Å². The van der Waals surface area contributed by atoms with Crippen LogP contribution in [0.25, 0.3) is 0 Å². The fourth-order valence-electron chi connectivity index (χ4n) is 3.16. The van der Waals surface area contributed by atoms with E-state index in [4.69, 9.17) is 4.43 Å². The first-order valence-corrected chi connectivity index (χ1v) is 10.1. The van der Waals surface area contributed by atoms with E-state index < -0.39 is 8.32 Å². The molecule has 0 amide bonds. The van der Waals surface area contributed by atoms with E-state index in [1.807, 2.05) is 0 Å². The summed E-state index contributed by atoms with van der Waals surface area (Å²) in [5.41, 5.74) is 0. The first kappa shape index (κ1) is 14.4. The standard InChI is InChI=1S/C21H20OSi/c1-4-10-19(11-5-1)23(22-18-16-17-18,20-12-6-2-7-13-20)21-14-8-3-9-15-21/h1-15,18H,16-17H2. The molecule has 114 valence electrons. The molecule has 0 saturated heterocycles. The third-order valence-corrected chi connectivity index (χ3v) is 8.53. The summed E-state index contributed by atoms with van der Waals surface area (Å²) in [7, 11) is -2.42. The maximum atomic E-state index is 6.85. The van der Waals surface area contributed by atoms with Crippen molar-refractivity contribution in [3.8, 4) is 0 Å². The van der Waals surface area contributed by atoms with E-state index in [2.05, 4.69) is 91.0 Å². The molecule has 0 aliphatic heterocycles. The molecule has 23 heavy (non-hydrogen) atoms. The lowest BCUT2D eigenvalue weighted by Gasteiger charge is -2.33. The molecule has 0 heterocycles. The lowest BCUT2D eigenvalue weighted by atomic mass is 10.3. The molecule has 1 fully saturated rings. The second-order valence-electron chi connectivity index (χ2n) is 6.10. The Morgan fingerprint density at radius 1 is 0.565 bits per heavy atom. The third-order valence-electron chi connectivity index (χ3n) is 4.41. The largest absolute Gasteiger partial charge is 0.401 e. The van der Waals surface area contributed by atoms with Gasteiger partial charge in [-0.25, -0.2) is 0 Å². The van der Waals surface area contributed by atoms with Crippen LogP contribution in [0.5, 0.6) is 0 Å². The van der Waals surface area contributed by atoms with Crippen molar-refractivity contribution in [2.24, 2.45) is 0 Å². The molecule has 3 aromatic carbocycles. The van der Waals surface area contributed by atoms with Gasteiger partial charge in [-0.15, -0.1) is 0 Å². The van der Waals surface area contributed by atoms with Gasteiger partial charge in [0.1, 0.15) is 0 Å². The van der Waals surface area contributed by atoms with Gasteiger partial charge in [0.2, 0.25) is 0 Å². The average molecular weight is 316 g/mol. The Bertz CT molecular complexity index is 655. The zero-order valence-electron chi connectivity index (χ0n) is 13.1. The van der Waals surface area contributed by atoms with Crippen molar-refractivity contribution < 1.29 is 4.43 Å². The minimum Gasteiger partial charge on any atom is -0.401 e. The van der Waals surface area contributed by atoms with Crippen molar-refractivity contribution in [2.45, 2.75) is 18.9 Å². The lowest BCUT2D eigenvalue weighted by Crippen LogP contribution is -2.69. The molecule has 2 heteroatoms.